The summed E-state index contributed by atoms with van der Waals surface area (Å²) in [6, 6.07) is -0.613. The van der Waals surface area contributed by atoms with Gasteiger partial charge < -0.3 is 15.5 Å². The van der Waals surface area contributed by atoms with Gasteiger partial charge in [0.1, 0.15) is 0 Å². The topological polar surface area (TPSA) is 69.6 Å². The Morgan fingerprint density at radius 1 is 0.426 bits per heavy atom. The quantitative estimate of drug-likeness (QED) is 0.0427. The number of amides is 1. The van der Waals surface area contributed by atoms with E-state index in [-0.39, 0.29) is 12.5 Å². The number of carbonyl (C=O) groups excluding carboxylic acids is 1. The molecule has 0 saturated carbocycles. The van der Waals surface area contributed by atoms with Crippen molar-refractivity contribution in [3.8, 4) is 0 Å². The van der Waals surface area contributed by atoms with Crippen molar-refractivity contribution < 1.29 is 15.0 Å². The van der Waals surface area contributed by atoms with Crippen LogP contribution in [0.4, 0.5) is 0 Å². The fourth-order valence-electron chi connectivity index (χ4n) is 7.95. The molecule has 0 radical (unpaired) electrons. The van der Waals surface area contributed by atoms with Crippen LogP contribution < -0.4 is 5.32 Å². The van der Waals surface area contributed by atoms with Crippen LogP contribution in [0.3, 0.4) is 0 Å². The van der Waals surface area contributed by atoms with Crippen molar-refractivity contribution in [1.82, 2.24) is 5.32 Å². The van der Waals surface area contributed by atoms with Gasteiger partial charge in [0.25, 0.3) is 0 Å². The van der Waals surface area contributed by atoms with E-state index < -0.39 is 12.1 Å². The van der Waals surface area contributed by atoms with Gasteiger partial charge in [0.15, 0.2) is 0 Å². The first kappa shape index (κ1) is 53.1. The molecule has 0 rings (SSSR count). The average Bonchev–Trinajstić information content (AvgIpc) is 3.17. The zero-order valence-electron chi connectivity index (χ0n) is 37.0. The largest absolute Gasteiger partial charge is 0.394 e. The van der Waals surface area contributed by atoms with E-state index in [0.717, 1.165) is 25.7 Å². The van der Waals surface area contributed by atoms with Gasteiger partial charge in [0, 0.05) is 6.42 Å². The fourth-order valence-corrected chi connectivity index (χ4v) is 7.95. The fraction of sp³-hybridized carbons (Fsp3) is 0.940. The number of nitrogens with one attached hydrogen (secondary N) is 1. The summed E-state index contributed by atoms with van der Waals surface area (Å²) in [6.07, 6.45) is 60.3. The summed E-state index contributed by atoms with van der Waals surface area (Å²) in [6.45, 7) is 4.14. The lowest BCUT2D eigenvalue weighted by Gasteiger charge is -2.19. The zero-order chi connectivity index (χ0) is 39.3. The van der Waals surface area contributed by atoms with E-state index in [1.54, 1.807) is 6.08 Å². The second kappa shape index (κ2) is 46.5. The first-order valence-electron chi connectivity index (χ1n) is 24.9. The molecule has 0 saturated heterocycles. The Balaban J connectivity index is 3.21. The molecule has 3 N–H and O–H groups in total. The number of aliphatic hydroxyl groups is 2. The maximum Gasteiger partial charge on any atom is 0.220 e. The van der Waals surface area contributed by atoms with Gasteiger partial charge in [-0.1, -0.05) is 276 Å². The molecular formula is C50H99NO3. The smallest absolute Gasteiger partial charge is 0.220 e. The van der Waals surface area contributed by atoms with Crippen LogP contribution >= 0.6 is 0 Å². The summed E-state index contributed by atoms with van der Waals surface area (Å²) in [7, 11) is 0. The van der Waals surface area contributed by atoms with Gasteiger partial charge in [-0.3, -0.25) is 4.79 Å². The Kier molecular flexibility index (Phi) is 45.8. The summed E-state index contributed by atoms with van der Waals surface area (Å²) in [5, 5.41) is 22.4. The molecule has 4 nitrogen and oxygen atoms in total. The van der Waals surface area contributed by atoms with E-state index in [4.69, 9.17) is 0 Å². The summed E-state index contributed by atoms with van der Waals surface area (Å²) >= 11 is 0. The highest BCUT2D eigenvalue weighted by Gasteiger charge is 2.17. The molecule has 2 atom stereocenters. The van der Waals surface area contributed by atoms with E-state index in [2.05, 4.69) is 19.2 Å². The van der Waals surface area contributed by atoms with Gasteiger partial charge in [-0.25, -0.2) is 0 Å². The van der Waals surface area contributed by atoms with Crippen LogP contribution in [0.15, 0.2) is 12.2 Å². The molecule has 0 aliphatic carbocycles. The zero-order valence-corrected chi connectivity index (χ0v) is 37.0. The van der Waals surface area contributed by atoms with Crippen molar-refractivity contribution in [2.75, 3.05) is 6.61 Å². The SMILES string of the molecule is CCC/C=C/C(O)C(CO)NC(=O)CCCCCCCCCCCCCCCCCCCCCCCCCCCCCCCCCCCCCCCCC. The van der Waals surface area contributed by atoms with Crippen LogP contribution in [-0.2, 0) is 4.79 Å². The minimum atomic E-state index is -0.830. The molecule has 4 heteroatoms. The minimum Gasteiger partial charge on any atom is -0.394 e. The van der Waals surface area contributed by atoms with Crippen molar-refractivity contribution in [2.45, 2.75) is 296 Å². The third-order valence-corrected chi connectivity index (χ3v) is 11.8. The molecule has 0 bridgehead atoms. The monoisotopic (exact) mass is 762 g/mol. The highest BCUT2D eigenvalue weighted by Crippen LogP contribution is 2.18. The molecule has 1 amide bonds. The minimum absolute atomic E-state index is 0.0708. The lowest BCUT2D eigenvalue weighted by atomic mass is 10.0. The molecule has 0 aliphatic heterocycles. The van der Waals surface area contributed by atoms with Crippen molar-refractivity contribution in [3.05, 3.63) is 12.2 Å². The predicted octanol–water partition coefficient (Wildman–Crippen LogP) is 15.8. The van der Waals surface area contributed by atoms with Gasteiger partial charge in [-0.2, -0.15) is 0 Å². The average molecular weight is 762 g/mol. The number of unbranched alkanes of at least 4 members (excludes halogenated alkanes) is 39. The highest BCUT2D eigenvalue weighted by atomic mass is 16.3. The summed E-state index contributed by atoms with van der Waals surface area (Å²) < 4.78 is 0. The van der Waals surface area contributed by atoms with Crippen LogP contribution in [0.2, 0.25) is 0 Å². The van der Waals surface area contributed by atoms with Crippen molar-refractivity contribution >= 4 is 5.91 Å². The number of rotatable bonds is 46. The van der Waals surface area contributed by atoms with Crippen LogP contribution in [0, 0.1) is 0 Å². The Morgan fingerprint density at radius 2 is 0.685 bits per heavy atom. The number of aliphatic hydroxyl groups excluding tert-OH is 2. The van der Waals surface area contributed by atoms with Gasteiger partial charge in [0.05, 0.1) is 18.8 Å². The third-order valence-electron chi connectivity index (χ3n) is 11.8. The molecular weight excluding hydrogens is 663 g/mol. The molecule has 54 heavy (non-hydrogen) atoms. The van der Waals surface area contributed by atoms with Crippen LogP contribution in [0.5, 0.6) is 0 Å². The number of hydrogen-bond donors (Lipinski definition) is 3. The van der Waals surface area contributed by atoms with Crippen LogP contribution in [0.1, 0.15) is 284 Å². The van der Waals surface area contributed by atoms with Gasteiger partial charge in [-0.15, -0.1) is 0 Å². The highest BCUT2D eigenvalue weighted by molar-refractivity contribution is 5.76. The number of allylic oxidation sites excluding steroid dienone is 1. The summed E-state index contributed by atoms with van der Waals surface area (Å²) in [5.41, 5.74) is 0. The Labute approximate surface area is 339 Å². The maximum absolute atomic E-state index is 12.2. The molecule has 0 aliphatic rings. The molecule has 0 spiro atoms. The van der Waals surface area contributed by atoms with Crippen LogP contribution in [-0.4, -0.2) is 34.9 Å². The second-order valence-corrected chi connectivity index (χ2v) is 17.2. The lowest BCUT2D eigenvalue weighted by molar-refractivity contribution is -0.123. The van der Waals surface area contributed by atoms with E-state index in [0.29, 0.717) is 6.42 Å². The Morgan fingerprint density at radius 3 is 0.926 bits per heavy atom. The molecule has 322 valence electrons. The van der Waals surface area contributed by atoms with Gasteiger partial charge >= 0.3 is 0 Å². The predicted molar refractivity (Wildman–Crippen MR) is 239 cm³/mol. The first-order chi connectivity index (χ1) is 26.7. The Bertz CT molecular complexity index is 739. The third kappa shape index (κ3) is 42.3. The molecule has 0 fully saturated rings. The number of hydrogen-bond acceptors (Lipinski definition) is 3. The summed E-state index contributed by atoms with van der Waals surface area (Å²) in [4.78, 5) is 12.2. The molecule has 0 aromatic carbocycles. The standard InChI is InChI=1S/C50H99NO3/c1-3-5-7-8-9-10-11-12-13-14-15-16-17-18-19-20-21-22-23-24-25-26-27-28-29-30-31-32-33-34-35-36-37-38-39-40-41-42-44-46-50(54)51-48(47-52)49(53)45-43-6-4-2/h43,45,48-49,52-53H,3-42,44,46-47H2,1-2H3,(H,51,54)/b45-43+. The molecule has 0 heterocycles. The number of carbonyl (C=O) groups is 1. The lowest BCUT2D eigenvalue weighted by Crippen LogP contribution is -2.45. The summed E-state index contributed by atoms with van der Waals surface area (Å²) in [5.74, 6) is -0.0708. The van der Waals surface area contributed by atoms with Crippen LogP contribution in [0.25, 0.3) is 0 Å². The van der Waals surface area contributed by atoms with Gasteiger partial charge in [0.2, 0.25) is 5.91 Å². The molecule has 0 aromatic heterocycles. The maximum atomic E-state index is 12.2. The van der Waals surface area contributed by atoms with E-state index in [9.17, 15) is 15.0 Å². The normalized spacial score (nSPS) is 12.9. The van der Waals surface area contributed by atoms with Crippen molar-refractivity contribution in [2.24, 2.45) is 0 Å². The van der Waals surface area contributed by atoms with Crippen molar-refractivity contribution in [1.29, 1.82) is 0 Å². The first-order valence-corrected chi connectivity index (χ1v) is 24.9. The molecule has 0 aromatic rings. The van der Waals surface area contributed by atoms with E-state index in [1.165, 1.54) is 238 Å². The van der Waals surface area contributed by atoms with Gasteiger partial charge in [-0.05, 0) is 12.8 Å². The second-order valence-electron chi connectivity index (χ2n) is 17.2. The Hall–Kier alpha value is -0.870. The molecule has 2 unspecified atom stereocenters. The van der Waals surface area contributed by atoms with Crippen molar-refractivity contribution in [3.63, 3.8) is 0 Å². The van der Waals surface area contributed by atoms with E-state index in [1.807, 2.05) is 6.08 Å². The van der Waals surface area contributed by atoms with E-state index >= 15 is 0 Å².